The molecular weight excluding hydrogens is 222 g/mol. The highest BCUT2D eigenvalue weighted by atomic mass is 16.1. The molecule has 0 amide bonds. The summed E-state index contributed by atoms with van der Waals surface area (Å²) in [4.78, 5) is 10.7. The predicted molar refractivity (Wildman–Crippen MR) is 75.9 cm³/mol. The lowest BCUT2D eigenvalue weighted by Crippen LogP contribution is -2.20. The molecule has 18 heavy (non-hydrogen) atoms. The average Bonchev–Trinajstić information content (AvgIpc) is 2.75. The van der Waals surface area contributed by atoms with Crippen LogP contribution in [-0.4, -0.2) is 10.9 Å². The summed E-state index contributed by atoms with van der Waals surface area (Å²) in [5, 5.41) is 1.32. The fourth-order valence-electron chi connectivity index (χ4n) is 2.70. The number of nitrogens with zero attached hydrogens (tertiary/aromatic N) is 1. The molecule has 0 bridgehead atoms. The zero-order chi connectivity index (χ0) is 13.2. The van der Waals surface area contributed by atoms with E-state index in [4.69, 9.17) is 0 Å². The maximum absolute atomic E-state index is 10.7. The molecule has 0 radical (unpaired) electrons. The summed E-state index contributed by atoms with van der Waals surface area (Å²) in [7, 11) is 2.08. The summed E-state index contributed by atoms with van der Waals surface area (Å²) in [6, 6.07) is 8.48. The summed E-state index contributed by atoms with van der Waals surface area (Å²) in [6.45, 7) is 4.46. The first-order valence-corrected chi connectivity index (χ1v) is 6.60. The smallest absolute Gasteiger partial charge is 0.120 e. The summed E-state index contributed by atoms with van der Waals surface area (Å²) in [5.41, 5.74) is 2.71. The molecule has 1 aromatic heterocycles. The van der Waals surface area contributed by atoms with Crippen molar-refractivity contribution in [1.82, 2.24) is 4.57 Å². The van der Waals surface area contributed by atoms with Gasteiger partial charge in [0.15, 0.2) is 0 Å². The van der Waals surface area contributed by atoms with Gasteiger partial charge in [-0.05, 0) is 29.9 Å². The third kappa shape index (κ3) is 2.07. The number of aldehydes is 1. The largest absolute Gasteiger partial charge is 0.350 e. The van der Waals surface area contributed by atoms with E-state index >= 15 is 0 Å². The van der Waals surface area contributed by atoms with Crippen LogP contribution in [-0.2, 0) is 17.3 Å². The van der Waals surface area contributed by atoms with Gasteiger partial charge in [-0.1, -0.05) is 32.0 Å². The van der Waals surface area contributed by atoms with E-state index in [0.717, 1.165) is 19.1 Å². The molecule has 2 aromatic rings. The van der Waals surface area contributed by atoms with E-state index in [1.165, 1.54) is 16.5 Å². The van der Waals surface area contributed by atoms with Crippen LogP contribution in [0.3, 0.4) is 0 Å². The second kappa shape index (κ2) is 4.97. The van der Waals surface area contributed by atoms with Crippen LogP contribution in [0.2, 0.25) is 0 Å². The van der Waals surface area contributed by atoms with E-state index in [1.807, 2.05) is 0 Å². The van der Waals surface area contributed by atoms with Crippen molar-refractivity contribution in [3.8, 4) is 0 Å². The number of fused-ring (bicyclic) bond motifs is 1. The molecule has 0 saturated carbocycles. The van der Waals surface area contributed by atoms with Gasteiger partial charge in [0.1, 0.15) is 6.29 Å². The molecule has 0 aliphatic heterocycles. The molecule has 0 saturated heterocycles. The van der Waals surface area contributed by atoms with E-state index in [-0.39, 0.29) is 5.41 Å². The van der Waals surface area contributed by atoms with Crippen molar-refractivity contribution in [2.75, 3.05) is 0 Å². The number of para-hydroxylation sites is 1. The zero-order valence-electron chi connectivity index (χ0n) is 11.4. The minimum Gasteiger partial charge on any atom is -0.350 e. The Balaban J connectivity index is 2.54. The maximum Gasteiger partial charge on any atom is 0.120 e. The second-order valence-electron chi connectivity index (χ2n) is 5.29. The molecule has 2 rings (SSSR count). The lowest BCUT2D eigenvalue weighted by Gasteiger charge is -2.27. The van der Waals surface area contributed by atoms with Gasteiger partial charge in [0, 0.05) is 30.6 Å². The van der Waals surface area contributed by atoms with Crippen molar-refractivity contribution < 1.29 is 4.79 Å². The average molecular weight is 243 g/mol. The molecule has 0 fully saturated rings. The molecule has 2 nitrogen and oxygen atoms in total. The Labute approximate surface area is 109 Å². The number of carbonyl (C=O) groups is 1. The first-order valence-electron chi connectivity index (χ1n) is 6.60. The van der Waals surface area contributed by atoms with Gasteiger partial charge in [-0.2, -0.15) is 0 Å². The van der Waals surface area contributed by atoms with Gasteiger partial charge in [0.25, 0.3) is 0 Å². The number of aromatic nitrogens is 1. The Kier molecular flexibility index (Phi) is 3.55. The highest BCUT2D eigenvalue weighted by Crippen LogP contribution is 2.37. The Morgan fingerprint density at radius 3 is 2.72 bits per heavy atom. The van der Waals surface area contributed by atoms with E-state index in [9.17, 15) is 4.79 Å². The van der Waals surface area contributed by atoms with Gasteiger partial charge < -0.3 is 9.36 Å². The minimum absolute atomic E-state index is 0.0851. The molecule has 0 aliphatic carbocycles. The van der Waals surface area contributed by atoms with E-state index in [2.05, 4.69) is 55.9 Å². The number of rotatable bonds is 5. The molecule has 0 aliphatic rings. The number of aryl methyl sites for hydroxylation is 1. The molecule has 0 unspecified atom stereocenters. The monoisotopic (exact) mass is 243 g/mol. The molecule has 0 N–H and O–H groups in total. The summed E-state index contributed by atoms with van der Waals surface area (Å²) in [5.74, 6) is 0. The van der Waals surface area contributed by atoms with Crippen LogP contribution in [0, 0.1) is 0 Å². The molecule has 96 valence electrons. The lowest BCUT2D eigenvalue weighted by molar-refractivity contribution is -0.108. The molecule has 1 aromatic carbocycles. The maximum atomic E-state index is 10.7. The minimum atomic E-state index is 0.0851. The molecule has 1 heterocycles. The van der Waals surface area contributed by atoms with Crippen molar-refractivity contribution in [2.24, 2.45) is 7.05 Å². The zero-order valence-corrected chi connectivity index (χ0v) is 11.4. The Morgan fingerprint density at radius 2 is 2.06 bits per heavy atom. The first-order chi connectivity index (χ1) is 8.62. The van der Waals surface area contributed by atoms with Crippen LogP contribution < -0.4 is 0 Å². The number of carbonyl (C=O) groups excluding carboxylic acids is 1. The van der Waals surface area contributed by atoms with Gasteiger partial charge in [-0.3, -0.25) is 0 Å². The van der Waals surface area contributed by atoms with Crippen LogP contribution in [0.15, 0.2) is 30.5 Å². The van der Waals surface area contributed by atoms with Gasteiger partial charge >= 0.3 is 0 Å². The highest BCUT2D eigenvalue weighted by molar-refractivity contribution is 5.85. The second-order valence-corrected chi connectivity index (χ2v) is 5.29. The van der Waals surface area contributed by atoms with E-state index < -0.39 is 0 Å². The molecular formula is C16H21NO. The normalized spacial score (nSPS) is 14.6. The highest BCUT2D eigenvalue weighted by Gasteiger charge is 2.27. The predicted octanol–water partition coefficient (Wildman–Crippen LogP) is 3.83. The van der Waals surface area contributed by atoms with Gasteiger partial charge in [0.2, 0.25) is 0 Å². The quantitative estimate of drug-likeness (QED) is 0.732. The summed E-state index contributed by atoms with van der Waals surface area (Å²) in [6.07, 6.45) is 5.85. The van der Waals surface area contributed by atoms with Gasteiger partial charge in [0.05, 0.1) is 0 Å². The fraction of sp³-hybridized carbons (Fsp3) is 0.438. The summed E-state index contributed by atoms with van der Waals surface area (Å²) >= 11 is 0. The van der Waals surface area contributed by atoms with E-state index in [1.54, 1.807) is 0 Å². The first kappa shape index (κ1) is 12.9. The standard InChI is InChI=1S/C16H21NO/c1-4-16(2,10-7-11-18)14-12-17(3)15-9-6-5-8-13(14)15/h5-6,8-9,11-12H,4,7,10H2,1-3H3/t16-/m1/s1. The lowest BCUT2D eigenvalue weighted by atomic mass is 9.76. The third-order valence-corrected chi connectivity index (χ3v) is 4.14. The fourth-order valence-corrected chi connectivity index (χ4v) is 2.70. The van der Waals surface area contributed by atoms with Crippen LogP contribution in [0.4, 0.5) is 0 Å². The number of benzene rings is 1. The van der Waals surface area contributed by atoms with Crippen molar-refractivity contribution in [3.05, 3.63) is 36.0 Å². The molecule has 0 spiro atoms. The van der Waals surface area contributed by atoms with Gasteiger partial charge in [-0.15, -0.1) is 0 Å². The molecule has 2 heteroatoms. The topological polar surface area (TPSA) is 22.0 Å². The van der Waals surface area contributed by atoms with E-state index in [0.29, 0.717) is 6.42 Å². The van der Waals surface area contributed by atoms with Crippen LogP contribution in [0.1, 0.15) is 38.7 Å². The molecule has 1 atom stereocenters. The summed E-state index contributed by atoms with van der Waals surface area (Å²) < 4.78 is 2.18. The van der Waals surface area contributed by atoms with Crippen molar-refractivity contribution in [3.63, 3.8) is 0 Å². The van der Waals surface area contributed by atoms with Crippen molar-refractivity contribution >= 4 is 17.2 Å². The van der Waals surface area contributed by atoms with Crippen LogP contribution in [0.5, 0.6) is 0 Å². The van der Waals surface area contributed by atoms with Crippen LogP contribution >= 0.6 is 0 Å². The van der Waals surface area contributed by atoms with Crippen molar-refractivity contribution in [1.29, 1.82) is 0 Å². The third-order valence-electron chi connectivity index (χ3n) is 4.14. The van der Waals surface area contributed by atoms with Crippen molar-refractivity contribution in [2.45, 2.75) is 38.5 Å². The Bertz CT molecular complexity index is 555. The van der Waals surface area contributed by atoms with Gasteiger partial charge in [-0.25, -0.2) is 0 Å². The number of hydrogen-bond acceptors (Lipinski definition) is 1. The Morgan fingerprint density at radius 1 is 1.33 bits per heavy atom. The SMILES string of the molecule is CC[C@](C)(CCC=O)c1cn(C)c2ccccc12. The van der Waals surface area contributed by atoms with Crippen LogP contribution in [0.25, 0.3) is 10.9 Å². The number of hydrogen-bond donors (Lipinski definition) is 0. The Hall–Kier alpha value is -1.57.